The Morgan fingerprint density at radius 3 is 2.32 bits per heavy atom. The minimum Gasteiger partial charge on any atom is -0.338 e. The van der Waals surface area contributed by atoms with E-state index in [1.54, 1.807) is 0 Å². The van der Waals surface area contributed by atoms with Crippen LogP contribution in [0, 0.1) is 11.8 Å². The average Bonchev–Trinajstić information content (AvgIpc) is 3.33. The van der Waals surface area contributed by atoms with Gasteiger partial charge in [0.25, 0.3) is 0 Å². The highest BCUT2D eigenvalue weighted by atomic mass is 16.2. The molecule has 3 rings (SSSR count). The number of benzene rings is 1. The molecular weight excluding hydrogens is 314 g/mol. The minimum absolute atomic E-state index is 0.138. The second-order valence-electron chi connectivity index (χ2n) is 7.34. The maximum atomic E-state index is 12.4. The fraction of sp³-hybridized carbons (Fsp3) is 0.600. The first kappa shape index (κ1) is 17.9. The van der Waals surface area contributed by atoms with Crippen molar-refractivity contribution in [2.24, 2.45) is 17.6 Å². The lowest BCUT2D eigenvalue weighted by Crippen LogP contribution is -2.33. The maximum absolute atomic E-state index is 12.4. The first-order chi connectivity index (χ1) is 12.2. The fourth-order valence-electron chi connectivity index (χ4n) is 3.48. The normalized spacial score (nSPS) is 17.5. The molecule has 0 saturated heterocycles. The Labute approximate surface area is 150 Å². The number of rotatable bonds is 8. The number of hydrogen-bond acceptors (Lipinski definition) is 3. The van der Waals surface area contributed by atoms with E-state index in [-0.39, 0.29) is 23.7 Å². The van der Waals surface area contributed by atoms with Gasteiger partial charge in [-0.2, -0.15) is 0 Å². The molecular formula is C20H29N3O2. The summed E-state index contributed by atoms with van der Waals surface area (Å²) in [6.07, 6.45) is 7.18. The highest BCUT2D eigenvalue weighted by molar-refractivity contribution is 5.92. The van der Waals surface area contributed by atoms with E-state index >= 15 is 0 Å². The number of amides is 2. The molecule has 5 nitrogen and oxygen atoms in total. The third kappa shape index (κ3) is 5.05. The maximum Gasteiger partial charge on any atom is 0.227 e. The molecule has 2 saturated carbocycles. The van der Waals surface area contributed by atoms with Gasteiger partial charge < -0.3 is 16.0 Å². The Hall–Kier alpha value is -1.88. The van der Waals surface area contributed by atoms with E-state index < -0.39 is 0 Å². The van der Waals surface area contributed by atoms with Crippen LogP contribution in [0.2, 0.25) is 0 Å². The van der Waals surface area contributed by atoms with E-state index in [2.05, 4.69) is 5.32 Å². The summed E-state index contributed by atoms with van der Waals surface area (Å²) < 4.78 is 0. The summed E-state index contributed by atoms with van der Waals surface area (Å²) >= 11 is 0. The van der Waals surface area contributed by atoms with Crippen molar-refractivity contribution in [2.75, 3.05) is 18.4 Å². The number of hydrogen-bond donors (Lipinski definition) is 2. The average molecular weight is 343 g/mol. The molecule has 25 heavy (non-hydrogen) atoms. The molecule has 0 spiro atoms. The van der Waals surface area contributed by atoms with Crippen LogP contribution >= 0.6 is 0 Å². The summed E-state index contributed by atoms with van der Waals surface area (Å²) in [5.74, 6) is 0.788. The number of carbonyl (C=O) groups excluding carboxylic acids is 2. The third-order valence-electron chi connectivity index (χ3n) is 5.19. The van der Waals surface area contributed by atoms with Crippen molar-refractivity contribution in [3.8, 4) is 0 Å². The van der Waals surface area contributed by atoms with Gasteiger partial charge in [-0.05, 0) is 56.3 Å². The SMILES string of the molecule is NCCCN(Cc1ccc(NC(=O)C2CCCC2)cc1)C(=O)C1CC1. The molecule has 2 aliphatic carbocycles. The lowest BCUT2D eigenvalue weighted by atomic mass is 10.1. The number of anilines is 1. The monoisotopic (exact) mass is 343 g/mol. The predicted octanol–water partition coefficient (Wildman–Crippen LogP) is 2.90. The van der Waals surface area contributed by atoms with Crippen LogP contribution in [0.15, 0.2) is 24.3 Å². The van der Waals surface area contributed by atoms with Crippen LogP contribution in [0.4, 0.5) is 5.69 Å². The smallest absolute Gasteiger partial charge is 0.227 e. The summed E-state index contributed by atoms with van der Waals surface area (Å²) in [6.45, 7) is 1.93. The Kier molecular flexibility index (Phi) is 6.08. The van der Waals surface area contributed by atoms with Gasteiger partial charge in [-0.1, -0.05) is 25.0 Å². The molecule has 3 N–H and O–H groups in total. The summed E-state index contributed by atoms with van der Waals surface area (Å²) in [6, 6.07) is 7.87. The van der Waals surface area contributed by atoms with E-state index in [0.717, 1.165) is 56.2 Å². The van der Waals surface area contributed by atoms with Gasteiger partial charge in [-0.3, -0.25) is 9.59 Å². The second kappa shape index (κ2) is 8.48. The van der Waals surface area contributed by atoms with Crippen LogP contribution in [0.25, 0.3) is 0 Å². The minimum atomic E-state index is 0.138. The number of nitrogens with two attached hydrogens (primary N) is 1. The van der Waals surface area contributed by atoms with E-state index in [1.807, 2.05) is 29.2 Å². The Morgan fingerprint density at radius 2 is 1.72 bits per heavy atom. The zero-order valence-corrected chi connectivity index (χ0v) is 14.9. The van der Waals surface area contributed by atoms with Crippen LogP contribution in [0.1, 0.15) is 50.5 Å². The van der Waals surface area contributed by atoms with Gasteiger partial charge in [0, 0.05) is 30.6 Å². The van der Waals surface area contributed by atoms with Crippen molar-refractivity contribution in [3.05, 3.63) is 29.8 Å². The Balaban J connectivity index is 1.56. The standard InChI is InChI=1S/C20H29N3O2/c21-12-3-13-23(20(25)17-8-9-17)14-15-6-10-18(11-7-15)22-19(24)16-4-1-2-5-16/h6-7,10-11,16-17H,1-5,8-9,12-14,21H2,(H,22,24). The Bertz CT molecular complexity index is 589. The lowest BCUT2D eigenvalue weighted by molar-refractivity contribution is -0.133. The molecule has 0 atom stereocenters. The lowest BCUT2D eigenvalue weighted by Gasteiger charge is -2.23. The van der Waals surface area contributed by atoms with Crippen molar-refractivity contribution in [1.82, 2.24) is 4.90 Å². The van der Waals surface area contributed by atoms with Crippen molar-refractivity contribution >= 4 is 17.5 Å². The quantitative estimate of drug-likeness (QED) is 0.762. The summed E-state index contributed by atoms with van der Waals surface area (Å²) in [5.41, 5.74) is 7.53. The summed E-state index contributed by atoms with van der Waals surface area (Å²) in [4.78, 5) is 26.5. The highest BCUT2D eigenvalue weighted by Crippen LogP contribution is 2.31. The van der Waals surface area contributed by atoms with E-state index in [0.29, 0.717) is 19.6 Å². The zero-order chi connectivity index (χ0) is 17.6. The van der Waals surface area contributed by atoms with Gasteiger partial charge in [-0.25, -0.2) is 0 Å². The number of carbonyl (C=O) groups is 2. The first-order valence-electron chi connectivity index (χ1n) is 9.56. The molecule has 0 aliphatic heterocycles. The molecule has 0 unspecified atom stereocenters. The highest BCUT2D eigenvalue weighted by Gasteiger charge is 2.33. The van der Waals surface area contributed by atoms with Crippen LogP contribution in [-0.2, 0) is 16.1 Å². The molecule has 2 aliphatic rings. The van der Waals surface area contributed by atoms with Gasteiger partial charge >= 0.3 is 0 Å². The molecule has 5 heteroatoms. The molecule has 0 heterocycles. The van der Waals surface area contributed by atoms with E-state index in [9.17, 15) is 9.59 Å². The third-order valence-corrected chi connectivity index (χ3v) is 5.19. The number of nitrogens with one attached hydrogen (secondary N) is 1. The molecule has 0 bridgehead atoms. The van der Waals surface area contributed by atoms with Crippen LogP contribution in [-0.4, -0.2) is 29.8 Å². The van der Waals surface area contributed by atoms with Gasteiger partial charge in [0.2, 0.25) is 11.8 Å². The van der Waals surface area contributed by atoms with Gasteiger partial charge in [0.15, 0.2) is 0 Å². The second-order valence-corrected chi connectivity index (χ2v) is 7.34. The fourth-order valence-corrected chi connectivity index (χ4v) is 3.48. The van der Waals surface area contributed by atoms with Crippen molar-refractivity contribution < 1.29 is 9.59 Å². The molecule has 136 valence electrons. The number of nitrogens with zero attached hydrogens (tertiary/aromatic N) is 1. The van der Waals surface area contributed by atoms with Crippen LogP contribution in [0.5, 0.6) is 0 Å². The van der Waals surface area contributed by atoms with E-state index in [1.165, 1.54) is 0 Å². The largest absolute Gasteiger partial charge is 0.338 e. The zero-order valence-electron chi connectivity index (χ0n) is 14.9. The van der Waals surface area contributed by atoms with Crippen molar-refractivity contribution in [2.45, 2.75) is 51.5 Å². The molecule has 2 amide bonds. The van der Waals surface area contributed by atoms with Gasteiger partial charge in [0.1, 0.15) is 0 Å². The molecule has 1 aromatic rings. The molecule has 0 aromatic heterocycles. The molecule has 1 aromatic carbocycles. The Morgan fingerprint density at radius 1 is 1.04 bits per heavy atom. The molecule has 0 radical (unpaired) electrons. The molecule has 2 fully saturated rings. The van der Waals surface area contributed by atoms with E-state index in [4.69, 9.17) is 5.73 Å². The van der Waals surface area contributed by atoms with Crippen molar-refractivity contribution in [3.63, 3.8) is 0 Å². The topological polar surface area (TPSA) is 75.4 Å². The summed E-state index contributed by atoms with van der Waals surface area (Å²) in [7, 11) is 0. The van der Waals surface area contributed by atoms with Gasteiger partial charge in [0.05, 0.1) is 0 Å². The van der Waals surface area contributed by atoms with Gasteiger partial charge in [-0.15, -0.1) is 0 Å². The summed E-state index contributed by atoms with van der Waals surface area (Å²) in [5, 5.41) is 3.01. The predicted molar refractivity (Wildman–Crippen MR) is 98.8 cm³/mol. The van der Waals surface area contributed by atoms with Crippen molar-refractivity contribution in [1.29, 1.82) is 0 Å². The van der Waals surface area contributed by atoms with Crippen LogP contribution in [0.3, 0.4) is 0 Å². The van der Waals surface area contributed by atoms with Crippen LogP contribution < -0.4 is 11.1 Å². The first-order valence-corrected chi connectivity index (χ1v) is 9.56.